The Morgan fingerprint density at radius 1 is 1.67 bits per heavy atom. The van der Waals surface area contributed by atoms with Crippen molar-refractivity contribution < 1.29 is 14.7 Å². The molecule has 1 unspecified atom stereocenters. The van der Waals surface area contributed by atoms with E-state index in [4.69, 9.17) is 5.11 Å². The summed E-state index contributed by atoms with van der Waals surface area (Å²) >= 11 is 0. The molecule has 1 atom stereocenters. The summed E-state index contributed by atoms with van der Waals surface area (Å²) in [6.45, 7) is 5.20. The first-order chi connectivity index (χ1) is 8.51. The van der Waals surface area contributed by atoms with Gasteiger partial charge >= 0.3 is 12.0 Å². The molecule has 0 aromatic carbocycles. The molecule has 1 rings (SSSR count). The normalized spacial score (nSPS) is 11.6. The summed E-state index contributed by atoms with van der Waals surface area (Å²) in [6, 6.07) is -0.379. The van der Waals surface area contributed by atoms with Gasteiger partial charge in [-0.1, -0.05) is 6.08 Å². The minimum Gasteiger partial charge on any atom is -0.480 e. The van der Waals surface area contributed by atoms with E-state index in [0.717, 1.165) is 0 Å². The molecule has 1 heterocycles. The standard InChI is InChI=1S/C11H16N4O3/c1-3-4-8(2)13-11(18)14-9-5-12-15(6-9)7-10(16)17/h3,5-6,8H,1,4,7H2,2H3,(H,16,17)(H2,13,14,18). The minimum absolute atomic E-state index is 0.0171. The number of nitrogens with one attached hydrogen (secondary N) is 2. The highest BCUT2D eigenvalue weighted by Crippen LogP contribution is 2.04. The highest BCUT2D eigenvalue weighted by atomic mass is 16.4. The first-order valence-corrected chi connectivity index (χ1v) is 5.44. The van der Waals surface area contributed by atoms with Crippen LogP contribution in [0, 0.1) is 0 Å². The van der Waals surface area contributed by atoms with Gasteiger partial charge in [0.1, 0.15) is 6.54 Å². The van der Waals surface area contributed by atoms with Crippen LogP contribution in [0.2, 0.25) is 0 Å². The predicted molar refractivity (Wildman–Crippen MR) is 66.3 cm³/mol. The average Bonchev–Trinajstić information content (AvgIpc) is 2.64. The second-order valence-corrected chi connectivity index (χ2v) is 3.84. The Morgan fingerprint density at radius 2 is 2.39 bits per heavy atom. The fourth-order valence-electron chi connectivity index (χ4n) is 1.35. The summed E-state index contributed by atoms with van der Waals surface area (Å²) < 4.78 is 1.23. The zero-order chi connectivity index (χ0) is 13.5. The lowest BCUT2D eigenvalue weighted by Gasteiger charge is -2.11. The van der Waals surface area contributed by atoms with Crippen molar-refractivity contribution in [2.75, 3.05) is 5.32 Å². The highest BCUT2D eigenvalue weighted by molar-refractivity contribution is 5.89. The van der Waals surface area contributed by atoms with E-state index in [9.17, 15) is 9.59 Å². The number of carbonyl (C=O) groups excluding carboxylic acids is 1. The SMILES string of the molecule is C=CCC(C)NC(=O)Nc1cnn(CC(=O)O)c1. The summed E-state index contributed by atoms with van der Waals surface area (Å²) in [5.41, 5.74) is 0.444. The molecule has 0 aliphatic heterocycles. The molecule has 0 aliphatic carbocycles. The Hall–Kier alpha value is -2.31. The first-order valence-electron chi connectivity index (χ1n) is 5.44. The Morgan fingerprint density at radius 3 is 3.00 bits per heavy atom. The van der Waals surface area contributed by atoms with Crippen molar-refractivity contribution in [1.29, 1.82) is 0 Å². The van der Waals surface area contributed by atoms with Crippen molar-refractivity contribution in [2.45, 2.75) is 25.9 Å². The number of anilines is 1. The van der Waals surface area contributed by atoms with E-state index in [1.165, 1.54) is 17.1 Å². The topological polar surface area (TPSA) is 96.3 Å². The van der Waals surface area contributed by atoms with Gasteiger partial charge in [-0.15, -0.1) is 6.58 Å². The van der Waals surface area contributed by atoms with Crippen molar-refractivity contribution in [1.82, 2.24) is 15.1 Å². The molecule has 0 fully saturated rings. The van der Waals surface area contributed by atoms with E-state index in [0.29, 0.717) is 12.1 Å². The van der Waals surface area contributed by atoms with E-state index in [1.54, 1.807) is 6.08 Å². The minimum atomic E-state index is -0.992. The number of amides is 2. The quantitative estimate of drug-likeness (QED) is 0.659. The highest BCUT2D eigenvalue weighted by Gasteiger charge is 2.08. The van der Waals surface area contributed by atoms with Crippen molar-refractivity contribution >= 4 is 17.7 Å². The number of carboxylic acids is 1. The van der Waals surface area contributed by atoms with E-state index in [-0.39, 0.29) is 18.6 Å². The van der Waals surface area contributed by atoms with Crippen LogP contribution in [0.4, 0.5) is 10.5 Å². The van der Waals surface area contributed by atoms with Crippen molar-refractivity contribution in [2.24, 2.45) is 0 Å². The van der Waals surface area contributed by atoms with Gasteiger partial charge in [-0.3, -0.25) is 9.48 Å². The van der Waals surface area contributed by atoms with Crippen LogP contribution in [0.1, 0.15) is 13.3 Å². The molecule has 18 heavy (non-hydrogen) atoms. The second kappa shape index (κ2) is 6.43. The monoisotopic (exact) mass is 252 g/mol. The molecule has 0 bridgehead atoms. The van der Waals surface area contributed by atoms with Crippen LogP contribution in [0.15, 0.2) is 25.0 Å². The van der Waals surface area contributed by atoms with Gasteiger partial charge in [-0.25, -0.2) is 4.79 Å². The van der Waals surface area contributed by atoms with Gasteiger partial charge in [-0.05, 0) is 13.3 Å². The molecule has 0 radical (unpaired) electrons. The zero-order valence-corrected chi connectivity index (χ0v) is 10.1. The number of carbonyl (C=O) groups is 2. The van der Waals surface area contributed by atoms with Crippen LogP contribution < -0.4 is 10.6 Å². The predicted octanol–water partition coefficient (Wildman–Crippen LogP) is 1.05. The Kier molecular flexibility index (Phi) is 4.91. The maximum absolute atomic E-state index is 11.5. The fraction of sp³-hybridized carbons (Fsp3) is 0.364. The molecule has 7 nitrogen and oxygen atoms in total. The van der Waals surface area contributed by atoms with E-state index >= 15 is 0 Å². The molecular weight excluding hydrogens is 236 g/mol. The average molecular weight is 252 g/mol. The lowest BCUT2D eigenvalue weighted by molar-refractivity contribution is -0.137. The lowest BCUT2D eigenvalue weighted by Crippen LogP contribution is -2.35. The molecular formula is C11H16N4O3. The van der Waals surface area contributed by atoms with Crippen molar-refractivity contribution in [3.63, 3.8) is 0 Å². The molecule has 98 valence electrons. The zero-order valence-electron chi connectivity index (χ0n) is 10.1. The number of nitrogens with zero attached hydrogens (tertiary/aromatic N) is 2. The van der Waals surface area contributed by atoms with Crippen LogP contribution in [-0.2, 0) is 11.3 Å². The summed E-state index contributed by atoms with van der Waals surface area (Å²) in [5.74, 6) is -0.992. The molecule has 3 N–H and O–H groups in total. The smallest absolute Gasteiger partial charge is 0.325 e. The number of rotatable bonds is 6. The lowest BCUT2D eigenvalue weighted by atomic mass is 10.2. The number of aliphatic carboxylic acids is 1. The molecule has 1 aromatic rings. The molecule has 7 heteroatoms. The fourth-order valence-corrected chi connectivity index (χ4v) is 1.35. The van der Waals surface area contributed by atoms with Crippen LogP contribution in [0.25, 0.3) is 0 Å². The van der Waals surface area contributed by atoms with Crippen LogP contribution in [0.3, 0.4) is 0 Å². The maximum atomic E-state index is 11.5. The van der Waals surface area contributed by atoms with Gasteiger partial charge in [0.25, 0.3) is 0 Å². The van der Waals surface area contributed by atoms with Crippen molar-refractivity contribution in [3.05, 3.63) is 25.0 Å². The number of carboxylic acid groups (broad SMARTS) is 1. The van der Waals surface area contributed by atoms with Gasteiger partial charge in [0.15, 0.2) is 0 Å². The van der Waals surface area contributed by atoms with Gasteiger partial charge in [-0.2, -0.15) is 5.10 Å². The summed E-state index contributed by atoms with van der Waals surface area (Å²) in [4.78, 5) is 22.0. The van der Waals surface area contributed by atoms with Gasteiger partial charge < -0.3 is 15.7 Å². The van der Waals surface area contributed by atoms with Gasteiger partial charge in [0.2, 0.25) is 0 Å². The van der Waals surface area contributed by atoms with Gasteiger partial charge in [0.05, 0.1) is 11.9 Å². The van der Waals surface area contributed by atoms with Crippen LogP contribution >= 0.6 is 0 Å². The summed E-state index contributed by atoms with van der Waals surface area (Å²) in [6.07, 6.45) is 5.23. The van der Waals surface area contributed by atoms with Crippen LogP contribution in [-0.4, -0.2) is 32.9 Å². The molecule has 0 aliphatic rings. The Bertz CT molecular complexity index is 441. The third-order valence-electron chi connectivity index (χ3n) is 2.09. The van der Waals surface area contributed by atoms with Crippen LogP contribution in [0.5, 0.6) is 0 Å². The summed E-state index contributed by atoms with van der Waals surface area (Å²) in [5, 5.41) is 17.6. The third kappa shape index (κ3) is 4.69. The number of urea groups is 1. The Balaban J connectivity index is 2.46. The van der Waals surface area contributed by atoms with E-state index in [2.05, 4.69) is 22.3 Å². The summed E-state index contributed by atoms with van der Waals surface area (Å²) in [7, 11) is 0. The van der Waals surface area contributed by atoms with Gasteiger partial charge in [0, 0.05) is 12.2 Å². The van der Waals surface area contributed by atoms with E-state index < -0.39 is 5.97 Å². The molecule has 0 saturated heterocycles. The molecule has 0 saturated carbocycles. The second-order valence-electron chi connectivity index (χ2n) is 3.84. The first kappa shape index (κ1) is 13.8. The molecule has 0 spiro atoms. The van der Waals surface area contributed by atoms with E-state index in [1.807, 2.05) is 6.92 Å². The number of hydrogen-bond acceptors (Lipinski definition) is 3. The number of aromatic nitrogens is 2. The molecule has 2 amide bonds. The maximum Gasteiger partial charge on any atom is 0.325 e. The third-order valence-corrected chi connectivity index (χ3v) is 2.09. The Labute approximate surface area is 104 Å². The van der Waals surface area contributed by atoms with Crippen molar-refractivity contribution in [3.8, 4) is 0 Å². The number of hydrogen-bond donors (Lipinski definition) is 3. The largest absolute Gasteiger partial charge is 0.480 e. The molecule has 1 aromatic heterocycles.